The second-order valence-electron chi connectivity index (χ2n) is 3.57. The van der Waals surface area contributed by atoms with Crippen LogP contribution in [0.3, 0.4) is 0 Å². The molecule has 104 valence electrons. The molecule has 0 radical (unpaired) electrons. The Hall–Kier alpha value is -2.91. The number of benzene rings is 1. The minimum Gasteiger partial charge on any atom is -0.345 e. The third-order valence-electron chi connectivity index (χ3n) is 2.29. The highest BCUT2D eigenvalue weighted by Gasteiger charge is 2.22. The highest BCUT2D eigenvalue weighted by molar-refractivity contribution is 5.94. The summed E-state index contributed by atoms with van der Waals surface area (Å²) in [5.41, 5.74) is -1.70. The first-order chi connectivity index (χ1) is 9.49. The molecule has 1 aromatic heterocycles. The second kappa shape index (κ2) is 5.38. The largest absolute Gasteiger partial charge is 0.345 e. The molecule has 0 fully saturated rings. The molecule has 1 aromatic carbocycles. The lowest BCUT2D eigenvalue weighted by molar-refractivity contribution is -0.387. The van der Waals surface area contributed by atoms with E-state index in [1.807, 2.05) is 0 Å². The zero-order valence-corrected chi connectivity index (χ0v) is 9.67. The molecule has 2 aromatic rings. The molecular formula is C10H6F2N4O4. The zero-order valence-electron chi connectivity index (χ0n) is 9.67. The Morgan fingerprint density at radius 2 is 2.15 bits per heavy atom. The zero-order chi connectivity index (χ0) is 14.7. The van der Waals surface area contributed by atoms with E-state index in [2.05, 4.69) is 20.0 Å². The molecule has 0 saturated heterocycles. The minimum atomic E-state index is -1.30. The van der Waals surface area contributed by atoms with Crippen molar-refractivity contribution in [2.24, 2.45) is 0 Å². The number of halogens is 2. The molecule has 0 atom stereocenters. The summed E-state index contributed by atoms with van der Waals surface area (Å²) >= 11 is 0. The summed E-state index contributed by atoms with van der Waals surface area (Å²) in [6, 6.07) is 0.803. The Kier molecular flexibility index (Phi) is 3.64. The number of nitrogens with zero attached hydrogens (tertiary/aromatic N) is 3. The molecule has 1 amide bonds. The maximum atomic E-state index is 13.5. The van der Waals surface area contributed by atoms with Crippen LogP contribution >= 0.6 is 0 Å². The second-order valence-corrected chi connectivity index (χ2v) is 3.57. The van der Waals surface area contributed by atoms with Gasteiger partial charge in [0.1, 0.15) is 5.82 Å². The van der Waals surface area contributed by atoms with Crippen LogP contribution in [0.25, 0.3) is 0 Å². The van der Waals surface area contributed by atoms with Gasteiger partial charge in [0.15, 0.2) is 5.82 Å². The summed E-state index contributed by atoms with van der Waals surface area (Å²) in [5.74, 6) is -3.33. The molecule has 0 aliphatic carbocycles. The summed E-state index contributed by atoms with van der Waals surface area (Å²) in [7, 11) is 0. The standard InChI is InChI=1S/C10H6F2N4O4/c11-6-2-8(16(18)19)7(12)1-5(6)10(17)13-3-9-14-4-20-15-9/h1-2,4H,3H2,(H,13,17). The van der Waals surface area contributed by atoms with Crippen LogP contribution in [0.2, 0.25) is 0 Å². The molecule has 0 aliphatic heterocycles. The Bertz CT molecular complexity index is 660. The van der Waals surface area contributed by atoms with E-state index in [9.17, 15) is 23.7 Å². The van der Waals surface area contributed by atoms with Crippen LogP contribution in [-0.4, -0.2) is 21.0 Å². The molecule has 1 heterocycles. The minimum absolute atomic E-state index is 0.140. The highest BCUT2D eigenvalue weighted by Crippen LogP contribution is 2.21. The Morgan fingerprint density at radius 1 is 1.40 bits per heavy atom. The number of carbonyl (C=O) groups is 1. The van der Waals surface area contributed by atoms with Crippen molar-refractivity contribution in [3.8, 4) is 0 Å². The molecule has 0 bridgehead atoms. The van der Waals surface area contributed by atoms with Gasteiger partial charge in [0, 0.05) is 0 Å². The summed E-state index contributed by atoms with van der Waals surface area (Å²) < 4.78 is 31.3. The van der Waals surface area contributed by atoms with Crippen molar-refractivity contribution in [1.29, 1.82) is 0 Å². The Morgan fingerprint density at radius 3 is 2.75 bits per heavy atom. The lowest BCUT2D eigenvalue weighted by Crippen LogP contribution is -2.24. The van der Waals surface area contributed by atoms with Gasteiger partial charge in [-0.3, -0.25) is 14.9 Å². The first kappa shape index (κ1) is 13.5. The smallest absolute Gasteiger partial charge is 0.307 e. The lowest BCUT2D eigenvalue weighted by atomic mass is 10.1. The van der Waals surface area contributed by atoms with Gasteiger partial charge in [0.25, 0.3) is 5.91 Å². The fourth-order valence-electron chi connectivity index (χ4n) is 1.38. The molecule has 0 saturated carbocycles. The van der Waals surface area contributed by atoms with Crippen LogP contribution in [0.5, 0.6) is 0 Å². The number of nitro benzene ring substituents is 1. The van der Waals surface area contributed by atoms with Crippen molar-refractivity contribution in [3.05, 3.63) is 51.7 Å². The first-order valence-electron chi connectivity index (χ1n) is 5.16. The quantitative estimate of drug-likeness (QED) is 0.666. The molecule has 1 N–H and O–H groups in total. The average molecular weight is 284 g/mol. The van der Waals surface area contributed by atoms with Crippen LogP contribution in [0, 0.1) is 21.7 Å². The Balaban J connectivity index is 2.17. The number of hydrogen-bond donors (Lipinski definition) is 1. The van der Waals surface area contributed by atoms with E-state index in [1.165, 1.54) is 0 Å². The molecule has 8 nitrogen and oxygen atoms in total. The van der Waals surface area contributed by atoms with Gasteiger partial charge in [-0.05, 0) is 6.07 Å². The normalized spacial score (nSPS) is 10.3. The molecule has 0 aliphatic rings. The van der Waals surface area contributed by atoms with Gasteiger partial charge in [0.05, 0.1) is 23.1 Å². The van der Waals surface area contributed by atoms with Gasteiger partial charge in [0.2, 0.25) is 12.2 Å². The van der Waals surface area contributed by atoms with E-state index >= 15 is 0 Å². The third-order valence-corrected chi connectivity index (χ3v) is 2.29. The summed E-state index contributed by atoms with van der Waals surface area (Å²) in [5, 5.41) is 16.0. The number of nitro groups is 1. The van der Waals surface area contributed by atoms with Crippen molar-refractivity contribution >= 4 is 11.6 Å². The predicted molar refractivity (Wildman–Crippen MR) is 58.5 cm³/mol. The number of amides is 1. The highest BCUT2D eigenvalue weighted by atomic mass is 19.1. The molecule has 10 heteroatoms. The van der Waals surface area contributed by atoms with Gasteiger partial charge in [-0.1, -0.05) is 5.16 Å². The average Bonchev–Trinajstić information content (AvgIpc) is 2.91. The first-order valence-corrected chi connectivity index (χ1v) is 5.16. The predicted octanol–water partition coefficient (Wildman–Crippen LogP) is 1.19. The van der Waals surface area contributed by atoms with E-state index in [4.69, 9.17) is 0 Å². The van der Waals surface area contributed by atoms with E-state index in [0.717, 1.165) is 6.39 Å². The van der Waals surface area contributed by atoms with Crippen molar-refractivity contribution in [2.45, 2.75) is 6.54 Å². The number of hydrogen-bond acceptors (Lipinski definition) is 6. The number of aromatic nitrogens is 2. The van der Waals surface area contributed by atoms with Crippen LogP contribution in [0.4, 0.5) is 14.5 Å². The summed E-state index contributed by atoms with van der Waals surface area (Å²) in [6.07, 6.45) is 1.04. The van der Waals surface area contributed by atoms with Crippen LogP contribution in [0.15, 0.2) is 23.0 Å². The van der Waals surface area contributed by atoms with Crippen LogP contribution in [-0.2, 0) is 6.54 Å². The van der Waals surface area contributed by atoms with Crippen LogP contribution < -0.4 is 5.32 Å². The van der Waals surface area contributed by atoms with E-state index in [0.29, 0.717) is 12.1 Å². The van der Waals surface area contributed by atoms with Gasteiger partial charge in [-0.25, -0.2) is 4.39 Å². The molecule has 0 unspecified atom stereocenters. The maximum absolute atomic E-state index is 13.5. The monoisotopic (exact) mass is 284 g/mol. The van der Waals surface area contributed by atoms with Crippen molar-refractivity contribution < 1.29 is 23.0 Å². The third kappa shape index (κ3) is 2.74. The molecule has 2 rings (SSSR count). The lowest BCUT2D eigenvalue weighted by Gasteiger charge is -2.04. The fourth-order valence-corrected chi connectivity index (χ4v) is 1.38. The van der Waals surface area contributed by atoms with Crippen molar-refractivity contribution in [3.63, 3.8) is 0 Å². The fraction of sp³-hybridized carbons (Fsp3) is 0.100. The Labute approximate surface area is 109 Å². The van der Waals surface area contributed by atoms with Gasteiger partial charge >= 0.3 is 5.69 Å². The van der Waals surface area contributed by atoms with Crippen LogP contribution in [0.1, 0.15) is 16.2 Å². The van der Waals surface area contributed by atoms with E-state index in [-0.39, 0.29) is 12.4 Å². The summed E-state index contributed by atoms with van der Waals surface area (Å²) in [6.45, 7) is -0.159. The molecule has 0 spiro atoms. The van der Waals surface area contributed by atoms with Gasteiger partial charge in [-0.15, -0.1) is 0 Å². The van der Waals surface area contributed by atoms with E-state index < -0.39 is 33.7 Å². The summed E-state index contributed by atoms with van der Waals surface area (Å²) in [4.78, 5) is 24.6. The number of rotatable bonds is 4. The van der Waals surface area contributed by atoms with Gasteiger partial charge in [-0.2, -0.15) is 9.37 Å². The van der Waals surface area contributed by atoms with E-state index in [1.54, 1.807) is 0 Å². The number of carbonyl (C=O) groups excluding carboxylic acids is 1. The van der Waals surface area contributed by atoms with Gasteiger partial charge < -0.3 is 9.84 Å². The molecular weight excluding hydrogens is 278 g/mol. The number of nitrogens with one attached hydrogen (secondary N) is 1. The topological polar surface area (TPSA) is 111 Å². The maximum Gasteiger partial charge on any atom is 0.307 e. The molecule has 20 heavy (non-hydrogen) atoms. The van der Waals surface area contributed by atoms with Crippen molar-refractivity contribution in [1.82, 2.24) is 15.5 Å². The SMILES string of the molecule is O=C(NCc1ncon1)c1cc(F)c([N+](=O)[O-])cc1F. The van der Waals surface area contributed by atoms with Crippen molar-refractivity contribution in [2.75, 3.05) is 0 Å².